The zero-order valence-corrected chi connectivity index (χ0v) is 17.2. The fourth-order valence-corrected chi connectivity index (χ4v) is 3.78. The first-order valence-corrected chi connectivity index (χ1v) is 9.06. The van der Waals surface area contributed by atoms with E-state index in [9.17, 15) is 0 Å². The molecule has 0 atom stereocenters. The number of aromatic nitrogens is 2. The van der Waals surface area contributed by atoms with E-state index >= 15 is 0 Å². The second kappa shape index (κ2) is 8.26. The Kier molecular flexibility index (Phi) is 6.52. The number of imidazole rings is 1. The van der Waals surface area contributed by atoms with Crippen molar-refractivity contribution in [2.45, 2.75) is 20.3 Å². The van der Waals surface area contributed by atoms with Crippen LogP contribution in [-0.2, 0) is 6.42 Å². The minimum Gasteiger partial charge on any atom is -0.369 e. The fourth-order valence-electron chi connectivity index (χ4n) is 2.38. The summed E-state index contributed by atoms with van der Waals surface area (Å²) >= 11 is 14.2. The van der Waals surface area contributed by atoms with Gasteiger partial charge in [0.05, 0.1) is 16.9 Å². The lowest BCUT2D eigenvalue weighted by Gasteiger charge is -2.06. The molecule has 0 bridgehead atoms. The Balaban J connectivity index is 0.00000243. The average Bonchev–Trinajstić information content (AvgIpc) is 3.09. The summed E-state index contributed by atoms with van der Waals surface area (Å²) in [4.78, 5) is 6.79. The van der Waals surface area contributed by atoms with Crippen molar-refractivity contribution in [3.63, 3.8) is 0 Å². The summed E-state index contributed by atoms with van der Waals surface area (Å²) in [5, 5.41) is 8.75. The highest BCUT2D eigenvalue weighted by Gasteiger charge is 2.18. The van der Waals surface area contributed by atoms with Crippen LogP contribution in [0.2, 0.25) is 10.0 Å². The van der Waals surface area contributed by atoms with Gasteiger partial charge in [-0.1, -0.05) is 30.1 Å². The number of aryl methyl sites for hydroxylation is 2. The van der Waals surface area contributed by atoms with Gasteiger partial charge in [-0.15, -0.1) is 28.8 Å². The summed E-state index contributed by atoms with van der Waals surface area (Å²) in [5.74, 6) is -0.113. The van der Waals surface area contributed by atoms with Gasteiger partial charge in [0.2, 0.25) is 5.96 Å². The van der Waals surface area contributed by atoms with E-state index in [2.05, 4.69) is 17.1 Å². The minimum atomic E-state index is -0.113. The van der Waals surface area contributed by atoms with Crippen LogP contribution in [0.5, 0.6) is 0 Å². The molecule has 3 rings (SSSR count). The zero-order chi connectivity index (χ0) is 18.1. The molecular formula is C16H17Cl3N6S. The van der Waals surface area contributed by atoms with Crippen molar-refractivity contribution in [1.82, 2.24) is 9.38 Å². The van der Waals surface area contributed by atoms with Crippen LogP contribution in [0.25, 0.3) is 16.2 Å². The van der Waals surface area contributed by atoms with Crippen LogP contribution in [-0.4, -0.2) is 21.6 Å². The van der Waals surface area contributed by atoms with E-state index in [0.717, 1.165) is 28.2 Å². The molecule has 10 heteroatoms. The summed E-state index contributed by atoms with van der Waals surface area (Å²) < 4.78 is 1.96. The Morgan fingerprint density at radius 3 is 2.69 bits per heavy atom. The lowest BCUT2D eigenvalue weighted by molar-refractivity contribution is 1.12. The predicted octanol–water partition coefficient (Wildman–Crippen LogP) is 4.27. The van der Waals surface area contributed by atoms with Gasteiger partial charge in [0.1, 0.15) is 5.69 Å². The fraction of sp³-hybridized carbons (Fsp3) is 0.188. The molecular weight excluding hydrogens is 415 g/mol. The predicted molar refractivity (Wildman–Crippen MR) is 113 cm³/mol. The first-order valence-electron chi connectivity index (χ1n) is 7.49. The third-order valence-electron chi connectivity index (χ3n) is 3.62. The van der Waals surface area contributed by atoms with E-state index in [1.54, 1.807) is 23.6 Å². The number of hydrogen-bond acceptors (Lipinski definition) is 4. The van der Waals surface area contributed by atoms with Crippen molar-refractivity contribution >= 4 is 64.1 Å². The number of nitrogens with zero attached hydrogens (tertiary/aromatic N) is 4. The molecule has 4 N–H and O–H groups in total. The van der Waals surface area contributed by atoms with Gasteiger partial charge >= 0.3 is 0 Å². The molecule has 0 amide bonds. The molecule has 0 saturated carbocycles. The zero-order valence-electron chi connectivity index (χ0n) is 14.0. The summed E-state index contributed by atoms with van der Waals surface area (Å²) in [6, 6.07) is 3.63. The van der Waals surface area contributed by atoms with Gasteiger partial charge in [0.25, 0.3) is 0 Å². The van der Waals surface area contributed by atoms with Crippen LogP contribution >= 0.6 is 46.9 Å². The number of halogens is 3. The number of hydrogen-bond donors (Lipinski definition) is 2. The highest BCUT2D eigenvalue weighted by Crippen LogP contribution is 2.35. The Labute approximate surface area is 170 Å². The van der Waals surface area contributed by atoms with Crippen LogP contribution in [0.3, 0.4) is 0 Å². The summed E-state index contributed by atoms with van der Waals surface area (Å²) in [6.45, 7) is 4.02. The SMILES string of the molecule is CCc1cn2c(/C=N/N=C(N)N)c(-c3cc(C)c(Cl)cc3Cl)nc2s1.Cl. The van der Waals surface area contributed by atoms with Crippen molar-refractivity contribution in [3.05, 3.63) is 44.5 Å². The smallest absolute Gasteiger partial charge is 0.211 e. The largest absolute Gasteiger partial charge is 0.369 e. The molecule has 0 radical (unpaired) electrons. The molecule has 0 saturated heterocycles. The molecule has 3 aromatic rings. The van der Waals surface area contributed by atoms with Gasteiger partial charge in [0, 0.05) is 21.7 Å². The quantitative estimate of drug-likeness (QED) is 0.367. The maximum absolute atomic E-state index is 6.40. The Hall–Kier alpha value is -1.80. The van der Waals surface area contributed by atoms with Gasteiger partial charge in [0.15, 0.2) is 4.96 Å². The van der Waals surface area contributed by atoms with Crippen LogP contribution < -0.4 is 11.5 Å². The molecule has 0 fully saturated rings. The van der Waals surface area contributed by atoms with Crippen molar-refractivity contribution in [1.29, 1.82) is 0 Å². The Morgan fingerprint density at radius 2 is 2.04 bits per heavy atom. The third-order valence-corrected chi connectivity index (χ3v) is 5.46. The van der Waals surface area contributed by atoms with Crippen molar-refractivity contribution in [2.75, 3.05) is 0 Å². The molecule has 2 aromatic heterocycles. The number of fused-ring (bicyclic) bond motifs is 1. The number of benzene rings is 1. The van der Waals surface area contributed by atoms with E-state index in [4.69, 9.17) is 39.7 Å². The molecule has 0 aliphatic carbocycles. The molecule has 6 nitrogen and oxygen atoms in total. The van der Waals surface area contributed by atoms with Gasteiger partial charge < -0.3 is 11.5 Å². The second-order valence-corrected chi connectivity index (χ2v) is 7.31. The van der Waals surface area contributed by atoms with E-state index in [1.807, 2.05) is 23.6 Å². The second-order valence-electron chi connectivity index (χ2n) is 5.40. The third kappa shape index (κ3) is 3.96. The molecule has 26 heavy (non-hydrogen) atoms. The topological polar surface area (TPSA) is 94.1 Å². The highest BCUT2D eigenvalue weighted by atomic mass is 35.5. The summed E-state index contributed by atoms with van der Waals surface area (Å²) in [6.07, 6.45) is 4.53. The monoisotopic (exact) mass is 430 g/mol. The molecule has 0 aliphatic rings. The molecule has 0 unspecified atom stereocenters. The van der Waals surface area contributed by atoms with Crippen LogP contribution in [0.1, 0.15) is 23.1 Å². The number of nitrogens with two attached hydrogens (primary N) is 2. The van der Waals surface area contributed by atoms with Gasteiger partial charge in [-0.25, -0.2) is 4.98 Å². The number of thiazole rings is 1. The minimum absolute atomic E-state index is 0. The summed E-state index contributed by atoms with van der Waals surface area (Å²) in [5.41, 5.74) is 13.8. The van der Waals surface area contributed by atoms with Gasteiger partial charge in [-0.3, -0.25) is 4.40 Å². The van der Waals surface area contributed by atoms with Crippen LogP contribution in [0, 0.1) is 6.92 Å². The van der Waals surface area contributed by atoms with Crippen LogP contribution in [0.4, 0.5) is 0 Å². The average molecular weight is 432 g/mol. The molecule has 1 aromatic carbocycles. The maximum Gasteiger partial charge on any atom is 0.211 e. The molecule has 0 spiro atoms. The summed E-state index contributed by atoms with van der Waals surface area (Å²) in [7, 11) is 0. The standard InChI is InChI=1S/C16H16Cl2N6S.ClH/c1-3-9-7-24-13(6-21-23-15(19)20)14(22-16(24)25-9)10-4-8(2)11(17)5-12(10)18;/h4-7H,3H2,1-2H3,(H4,19,20,23);1H/b21-6+;. The number of guanidine groups is 1. The van der Waals surface area contributed by atoms with E-state index < -0.39 is 0 Å². The maximum atomic E-state index is 6.40. The van der Waals surface area contributed by atoms with Crippen molar-refractivity contribution in [2.24, 2.45) is 21.7 Å². The Morgan fingerprint density at radius 1 is 1.31 bits per heavy atom. The van der Waals surface area contributed by atoms with Crippen LogP contribution in [0.15, 0.2) is 28.5 Å². The molecule has 138 valence electrons. The molecule has 2 heterocycles. The first kappa shape index (κ1) is 20.5. The lowest BCUT2D eigenvalue weighted by atomic mass is 10.1. The van der Waals surface area contributed by atoms with Crippen molar-refractivity contribution in [3.8, 4) is 11.3 Å². The van der Waals surface area contributed by atoms with Crippen molar-refractivity contribution < 1.29 is 0 Å². The highest BCUT2D eigenvalue weighted by molar-refractivity contribution is 7.17. The lowest BCUT2D eigenvalue weighted by Crippen LogP contribution is -2.21. The van der Waals surface area contributed by atoms with E-state index in [1.165, 1.54) is 4.88 Å². The number of rotatable bonds is 4. The van der Waals surface area contributed by atoms with E-state index in [-0.39, 0.29) is 18.4 Å². The van der Waals surface area contributed by atoms with Gasteiger partial charge in [-0.2, -0.15) is 5.10 Å². The normalized spacial score (nSPS) is 11.1. The van der Waals surface area contributed by atoms with Gasteiger partial charge in [-0.05, 0) is 31.0 Å². The molecule has 0 aliphatic heterocycles. The first-order chi connectivity index (χ1) is 11.9. The van der Waals surface area contributed by atoms with E-state index in [0.29, 0.717) is 15.7 Å². The Bertz CT molecular complexity index is 1000.